The van der Waals surface area contributed by atoms with Crippen molar-refractivity contribution < 1.29 is 14.3 Å². The first-order valence-electron chi connectivity index (χ1n) is 10.1. The molecule has 6 heteroatoms. The fourth-order valence-electron chi connectivity index (χ4n) is 4.77. The molecule has 2 heterocycles. The first kappa shape index (κ1) is 18.3. The number of carbonyl (C=O) groups excluding carboxylic acids is 2. The smallest absolute Gasteiger partial charge is 0.245 e. The quantitative estimate of drug-likeness (QED) is 0.829. The van der Waals surface area contributed by atoms with Gasteiger partial charge in [0.25, 0.3) is 0 Å². The first-order valence-corrected chi connectivity index (χ1v) is 10.1. The van der Waals surface area contributed by atoms with Crippen LogP contribution in [-0.4, -0.2) is 48.5 Å². The van der Waals surface area contributed by atoms with Gasteiger partial charge in [0.2, 0.25) is 11.8 Å². The minimum absolute atomic E-state index is 0.00551. The van der Waals surface area contributed by atoms with Gasteiger partial charge in [0, 0.05) is 19.1 Å². The van der Waals surface area contributed by atoms with E-state index in [1.165, 1.54) is 25.7 Å². The minimum Gasteiger partial charge on any atom is -0.497 e. The maximum atomic E-state index is 12.7. The van der Waals surface area contributed by atoms with Crippen molar-refractivity contribution in [1.82, 2.24) is 15.5 Å². The average Bonchev–Trinajstić information content (AvgIpc) is 3.27. The van der Waals surface area contributed by atoms with Crippen molar-refractivity contribution in [2.75, 3.05) is 13.7 Å². The van der Waals surface area contributed by atoms with E-state index in [1.807, 2.05) is 29.2 Å². The summed E-state index contributed by atoms with van der Waals surface area (Å²) >= 11 is 0. The number of benzene rings is 1. The third-order valence-electron chi connectivity index (χ3n) is 6.33. The Morgan fingerprint density at radius 2 is 2.00 bits per heavy atom. The van der Waals surface area contributed by atoms with Crippen molar-refractivity contribution in [3.8, 4) is 5.75 Å². The predicted octanol–water partition coefficient (Wildman–Crippen LogP) is 1.83. The van der Waals surface area contributed by atoms with Crippen LogP contribution in [0, 0.1) is 5.92 Å². The molecular weight excluding hydrogens is 342 g/mol. The third kappa shape index (κ3) is 3.95. The van der Waals surface area contributed by atoms with Crippen LogP contribution in [0.25, 0.3) is 0 Å². The number of fused-ring (bicyclic) bond motifs is 1. The maximum Gasteiger partial charge on any atom is 0.245 e. The normalized spacial score (nSPS) is 30.3. The van der Waals surface area contributed by atoms with Gasteiger partial charge in [-0.2, -0.15) is 0 Å². The van der Waals surface area contributed by atoms with Crippen LogP contribution >= 0.6 is 0 Å². The molecule has 27 heavy (non-hydrogen) atoms. The lowest BCUT2D eigenvalue weighted by Crippen LogP contribution is -2.49. The highest BCUT2D eigenvalue weighted by molar-refractivity contribution is 5.91. The average molecular weight is 371 g/mol. The van der Waals surface area contributed by atoms with Crippen LogP contribution < -0.4 is 15.4 Å². The highest BCUT2D eigenvalue weighted by Gasteiger charge is 2.40. The zero-order chi connectivity index (χ0) is 18.8. The van der Waals surface area contributed by atoms with Crippen LogP contribution in [0.2, 0.25) is 0 Å². The van der Waals surface area contributed by atoms with Crippen molar-refractivity contribution in [1.29, 1.82) is 0 Å². The van der Waals surface area contributed by atoms with Crippen molar-refractivity contribution in [2.45, 2.75) is 63.2 Å². The Balaban J connectivity index is 1.30. The van der Waals surface area contributed by atoms with Gasteiger partial charge >= 0.3 is 0 Å². The summed E-state index contributed by atoms with van der Waals surface area (Å²) in [5.74, 6) is 1.45. The summed E-state index contributed by atoms with van der Waals surface area (Å²) in [6.07, 6.45) is 6.52. The van der Waals surface area contributed by atoms with Crippen molar-refractivity contribution in [2.24, 2.45) is 5.92 Å². The fraction of sp³-hybridized carbons (Fsp3) is 0.619. The van der Waals surface area contributed by atoms with Gasteiger partial charge < -0.3 is 20.3 Å². The molecule has 4 rings (SSSR count). The molecule has 4 atom stereocenters. The van der Waals surface area contributed by atoms with Gasteiger partial charge in [0.15, 0.2) is 0 Å². The molecule has 0 aromatic heterocycles. The van der Waals surface area contributed by atoms with Crippen LogP contribution in [0.5, 0.6) is 5.75 Å². The zero-order valence-electron chi connectivity index (χ0n) is 15.9. The SMILES string of the molecule is COc1ccc(CN2CCC(NC(=O)C3CC4CCCCC4N3)C2=O)cc1. The molecular formula is C21H29N3O3. The number of nitrogens with zero attached hydrogens (tertiary/aromatic N) is 1. The molecule has 1 aromatic carbocycles. The summed E-state index contributed by atoms with van der Waals surface area (Å²) in [6.45, 7) is 1.25. The molecule has 3 fully saturated rings. The van der Waals surface area contributed by atoms with E-state index in [0.29, 0.717) is 31.5 Å². The van der Waals surface area contributed by atoms with E-state index in [-0.39, 0.29) is 23.9 Å². The van der Waals surface area contributed by atoms with E-state index in [2.05, 4.69) is 10.6 Å². The van der Waals surface area contributed by atoms with Crippen LogP contribution in [-0.2, 0) is 16.1 Å². The van der Waals surface area contributed by atoms with Crippen LogP contribution in [0.3, 0.4) is 0 Å². The molecule has 0 spiro atoms. The van der Waals surface area contributed by atoms with Crippen molar-refractivity contribution in [3.05, 3.63) is 29.8 Å². The van der Waals surface area contributed by atoms with E-state index in [9.17, 15) is 9.59 Å². The Kier molecular flexibility index (Phi) is 5.34. The van der Waals surface area contributed by atoms with Crippen LogP contribution in [0.4, 0.5) is 0 Å². The van der Waals surface area contributed by atoms with Gasteiger partial charge in [-0.1, -0.05) is 25.0 Å². The lowest BCUT2D eigenvalue weighted by Gasteiger charge is -2.24. The Morgan fingerprint density at radius 1 is 1.22 bits per heavy atom. The number of hydrogen-bond donors (Lipinski definition) is 2. The molecule has 1 saturated carbocycles. The zero-order valence-corrected chi connectivity index (χ0v) is 15.9. The van der Waals surface area contributed by atoms with E-state index < -0.39 is 0 Å². The summed E-state index contributed by atoms with van der Waals surface area (Å²) < 4.78 is 5.17. The van der Waals surface area contributed by atoms with Gasteiger partial charge in [0.1, 0.15) is 11.8 Å². The number of likely N-dealkylation sites (tertiary alicyclic amines) is 1. The second-order valence-corrected chi connectivity index (χ2v) is 8.06. The topological polar surface area (TPSA) is 70.7 Å². The van der Waals surface area contributed by atoms with E-state index in [0.717, 1.165) is 17.7 Å². The molecule has 1 aliphatic carbocycles. The summed E-state index contributed by atoms with van der Waals surface area (Å²) in [5, 5.41) is 6.50. The van der Waals surface area contributed by atoms with Gasteiger partial charge in [-0.25, -0.2) is 0 Å². The molecule has 1 aromatic rings. The summed E-state index contributed by atoms with van der Waals surface area (Å²) in [4.78, 5) is 27.2. The highest BCUT2D eigenvalue weighted by atomic mass is 16.5. The Hall–Kier alpha value is -2.08. The third-order valence-corrected chi connectivity index (χ3v) is 6.33. The Labute approximate surface area is 160 Å². The maximum absolute atomic E-state index is 12.7. The summed E-state index contributed by atoms with van der Waals surface area (Å²) in [7, 11) is 1.64. The predicted molar refractivity (Wildman–Crippen MR) is 102 cm³/mol. The monoisotopic (exact) mass is 371 g/mol. The molecule has 2 aliphatic heterocycles. The standard InChI is InChI=1S/C21H29N3O3/c1-27-16-8-6-14(7-9-16)13-24-11-10-18(21(24)26)23-20(25)19-12-15-4-2-3-5-17(15)22-19/h6-9,15,17-19,22H,2-5,10-13H2,1H3,(H,23,25). The fourth-order valence-corrected chi connectivity index (χ4v) is 4.77. The van der Waals surface area contributed by atoms with Crippen LogP contribution in [0.1, 0.15) is 44.1 Å². The van der Waals surface area contributed by atoms with Gasteiger partial charge in [0.05, 0.1) is 13.2 Å². The lowest BCUT2D eigenvalue weighted by molar-refractivity contribution is -0.133. The number of carbonyl (C=O) groups is 2. The first-order chi connectivity index (χ1) is 13.1. The molecule has 2 N–H and O–H groups in total. The largest absolute Gasteiger partial charge is 0.497 e. The second-order valence-electron chi connectivity index (χ2n) is 8.06. The lowest BCUT2D eigenvalue weighted by atomic mass is 9.85. The van der Waals surface area contributed by atoms with Gasteiger partial charge in [-0.15, -0.1) is 0 Å². The summed E-state index contributed by atoms with van der Waals surface area (Å²) in [6, 6.07) is 7.72. The van der Waals surface area contributed by atoms with E-state index in [4.69, 9.17) is 4.74 Å². The molecule has 4 unspecified atom stereocenters. The molecule has 0 bridgehead atoms. The van der Waals surface area contributed by atoms with Gasteiger partial charge in [-0.05, 0) is 49.3 Å². The molecule has 6 nitrogen and oxygen atoms in total. The number of hydrogen-bond acceptors (Lipinski definition) is 4. The van der Waals surface area contributed by atoms with Crippen LogP contribution in [0.15, 0.2) is 24.3 Å². The number of methoxy groups -OCH3 is 1. The minimum atomic E-state index is -0.389. The number of ether oxygens (including phenoxy) is 1. The number of rotatable bonds is 5. The highest BCUT2D eigenvalue weighted by Crippen LogP contribution is 2.33. The number of amides is 2. The second kappa shape index (κ2) is 7.89. The van der Waals surface area contributed by atoms with Crippen molar-refractivity contribution in [3.63, 3.8) is 0 Å². The number of nitrogens with one attached hydrogen (secondary N) is 2. The van der Waals surface area contributed by atoms with E-state index >= 15 is 0 Å². The molecule has 146 valence electrons. The molecule has 2 saturated heterocycles. The summed E-state index contributed by atoms with van der Waals surface area (Å²) in [5.41, 5.74) is 1.07. The molecule has 0 radical (unpaired) electrons. The Bertz CT molecular complexity index is 676. The van der Waals surface area contributed by atoms with Gasteiger partial charge in [-0.3, -0.25) is 9.59 Å². The molecule has 2 amide bonds. The van der Waals surface area contributed by atoms with Crippen molar-refractivity contribution >= 4 is 11.8 Å². The molecule has 3 aliphatic rings. The van der Waals surface area contributed by atoms with E-state index in [1.54, 1.807) is 7.11 Å². The Morgan fingerprint density at radius 3 is 2.74 bits per heavy atom.